The van der Waals surface area contributed by atoms with E-state index in [0.717, 1.165) is 13.1 Å². The zero-order valence-electron chi connectivity index (χ0n) is 15.3. The molecule has 1 saturated heterocycles. The van der Waals surface area contributed by atoms with Crippen LogP contribution in [-0.4, -0.2) is 47.0 Å². The van der Waals surface area contributed by atoms with Crippen molar-refractivity contribution >= 4 is 5.91 Å². The second-order valence-electron chi connectivity index (χ2n) is 7.44. The summed E-state index contributed by atoms with van der Waals surface area (Å²) >= 11 is 0. The van der Waals surface area contributed by atoms with Crippen LogP contribution in [0.4, 0.5) is 4.39 Å². The van der Waals surface area contributed by atoms with Gasteiger partial charge in [-0.15, -0.1) is 0 Å². The summed E-state index contributed by atoms with van der Waals surface area (Å²) in [7, 11) is 0. The van der Waals surface area contributed by atoms with Crippen LogP contribution in [0.25, 0.3) is 0 Å². The number of benzene rings is 1. The standard InChI is InChI=1S/C20H29FN2O2/c1-3-23(4-2)19(24)16-12-20(25,13-16)17-8-7-15(18(21)11-17)14-22-9-5-6-10-22/h7-8,11,16,25H,3-6,9-10,12-14H2,1-2H3. The number of aliphatic hydroxyl groups is 1. The second kappa shape index (κ2) is 7.42. The Morgan fingerprint density at radius 2 is 1.92 bits per heavy atom. The zero-order valence-corrected chi connectivity index (χ0v) is 15.3. The largest absolute Gasteiger partial charge is 0.385 e. The third-order valence-electron chi connectivity index (χ3n) is 5.78. The number of likely N-dealkylation sites (tertiary alicyclic amines) is 1. The van der Waals surface area contributed by atoms with Gasteiger partial charge in [0, 0.05) is 31.1 Å². The number of hydrogen-bond acceptors (Lipinski definition) is 3. The Bertz CT molecular complexity index is 618. The molecule has 0 spiro atoms. The third-order valence-corrected chi connectivity index (χ3v) is 5.78. The Hall–Kier alpha value is -1.46. The Balaban J connectivity index is 1.64. The molecule has 1 amide bonds. The molecule has 0 bridgehead atoms. The number of rotatable bonds is 6. The van der Waals surface area contributed by atoms with Crippen LogP contribution >= 0.6 is 0 Å². The normalized spacial score (nSPS) is 26.5. The molecule has 2 fully saturated rings. The predicted octanol–water partition coefficient (Wildman–Crippen LogP) is 2.89. The molecule has 1 N–H and O–H groups in total. The van der Waals surface area contributed by atoms with Gasteiger partial charge in [0.25, 0.3) is 0 Å². The molecule has 138 valence electrons. The molecular formula is C20H29FN2O2. The van der Waals surface area contributed by atoms with Gasteiger partial charge in [0.15, 0.2) is 0 Å². The number of halogens is 1. The smallest absolute Gasteiger partial charge is 0.225 e. The maximum absolute atomic E-state index is 14.5. The van der Waals surface area contributed by atoms with E-state index in [2.05, 4.69) is 4.90 Å². The molecule has 3 rings (SSSR count). The summed E-state index contributed by atoms with van der Waals surface area (Å²) < 4.78 is 14.5. The average Bonchev–Trinajstić information content (AvgIpc) is 3.07. The lowest BCUT2D eigenvalue weighted by atomic mass is 9.66. The van der Waals surface area contributed by atoms with Crippen molar-refractivity contribution in [1.82, 2.24) is 9.80 Å². The molecule has 0 radical (unpaired) electrons. The van der Waals surface area contributed by atoms with Gasteiger partial charge in [0.1, 0.15) is 5.82 Å². The van der Waals surface area contributed by atoms with Gasteiger partial charge in [0.05, 0.1) is 5.60 Å². The van der Waals surface area contributed by atoms with Crippen LogP contribution in [0, 0.1) is 11.7 Å². The van der Waals surface area contributed by atoms with Gasteiger partial charge < -0.3 is 10.0 Å². The first-order valence-electron chi connectivity index (χ1n) is 9.49. The quantitative estimate of drug-likeness (QED) is 0.860. The summed E-state index contributed by atoms with van der Waals surface area (Å²) in [5.41, 5.74) is 0.212. The number of hydrogen-bond donors (Lipinski definition) is 1. The van der Waals surface area contributed by atoms with Crippen molar-refractivity contribution in [2.24, 2.45) is 5.92 Å². The number of carbonyl (C=O) groups excluding carboxylic acids is 1. The minimum Gasteiger partial charge on any atom is -0.385 e. The minimum atomic E-state index is -1.07. The summed E-state index contributed by atoms with van der Waals surface area (Å²) in [4.78, 5) is 16.4. The van der Waals surface area contributed by atoms with Gasteiger partial charge in [-0.25, -0.2) is 4.39 Å². The van der Waals surface area contributed by atoms with Crippen molar-refractivity contribution in [3.63, 3.8) is 0 Å². The third kappa shape index (κ3) is 3.72. The van der Waals surface area contributed by atoms with Crippen LogP contribution in [0.15, 0.2) is 18.2 Å². The van der Waals surface area contributed by atoms with E-state index >= 15 is 0 Å². The Kier molecular flexibility index (Phi) is 5.44. The number of nitrogens with zero attached hydrogens (tertiary/aromatic N) is 2. The first-order chi connectivity index (χ1) is 12.0. The van der Waals surface area contributed by atoms with Crippen molar-refractivity contribution in [3.05, 3.63) is 35.1 Å². The molecular weight excluding hydrogens is 319 g/mol. The molecule has 25 heavy (non-hydrogen) atoms. The summed E-state index contributed by atoms with van der Waals surface area (Å²) in [6.45, 7) is 7.98. The Labute approximate surface area is 149 Å². The van der Waals surface area contributed by atoms with Gasteiger partial charge >= 0.3 is 0 Å². The Morgan fingerprint density at radius 1 is 1.28 bits per heavy atom. The molecule has 1 aliphatic heterocycles. The van der Waals surface area contributed by atoms with E-state index < -0.39 is 5.60 Å². The SMILES string of the molecule is CCN(CC)C(=O)C1CC(O)(c2ccc(CN3CCCC3)c(F)c2)C1. The van der Waals surface area contributed by atoms with Gasteiger partial charge in [-0.05, 0) is 64.3 Å². The van der Waals surface area contributed by atoms with Crippen LogP contribution in [-0.2, 0) is 16.9 Å². The monoisotopic (exact) mass is 348 g/mol. The van der Waals surface area contributed by atoms with E-state index in [1.807, 2.05) is 19.9 Å². The summed E-state index contributed by atoms with van der Waals surface area (Å²) in [6, 6.07) is 5.08. The molecule has 1 aromatic carbocycles. The molecule has 1 saturated carbocycles. The van der Waals surface area contributed by atoms with Crippen LogP contribution in [0.3, 0.4) is 0 Å². The first kappa shape index (κ1) is 18.3. The van der Waals surface area contributed by atoms with Crippen molar-refractivity contribution < 1.29 is 14.3 Å². The lowest BCUT2D eigenvalue weighted by Crippen LogP contribution is -2.49. The van der Waals surface area contributed by atoms with Crippen LogP contribution in [0.1, 0.15) is 50.7 Å². The van der Waals surface area contributed by atoms with E-state index in [1.165, 1.54) is 18.9 Å². The molecule has 0 atom stereocenters. The van der Waals surface area contributed by atoms with Crippen molar-refractivity contribution in [2.75, 3.05) is 26.2 Å². The summed E-state index contributed by atoms with van der Waals surface area (Å²) in [5.74, 6) is -0.311. The lowest BCUT2D eigenvalue weighted by Gasteiger charge is -2.44. The second-order valence-corrected chi connectivity index (χ2v) is 7.44. The molecule has 4 nitrogen and oxygen atoms in total. The number of amides is 1. The van der Waals surface area contributed by atoms with Gasteiger partial charge in [-0.1, -0.05) is 12.1 Å². The van der Waals surface area contributed by atoms with E-state index in [1.54, 1.807) is 11.0 Å². The Morgan fingerprint density at radius 3 is 2.48 bits per heavy atom. The highest BCUT2D eigenvalue weighted by atomic mass is 19.1. The van der Waals surface area contributed by atoms with Gasteiger partial charge in [-0.3, -0.25) is 9.69 Å². The lowest BCUT2D eigenvalue weighted by molar-refractivity contribution is -0.152. The van der Waals surface area contributed by atoms with Crippen LogP contribution < -0.4 is 0 Å². The van der Waals surface area contributed by atoms with Crippen LogP contribution in [0.2, 0.25) is 0 Å². The van der Waals surface area contributed by atoms with E-state index in [0.29, 0.717) is 43.6 Å². The van der Waals surface area contributed by atoms with Gasteiger partial charge in [0.2, 0.25) is 5.91 Å². The van der Waals surface area contributed by atoms with Crippen LogP contribution in [0.5, 0.6) is 0 Å². The summed E-state index contributed by atoms with van der Waals surface area (Å²) in [6.07, 6.45) is 3.13. The highest BCUT2D eigenvalue weighted by Crippen LogP contribution is 2.46. The minimum absolute atomic E-state index is 0.0980. The molecule has 1 aromatic rings. The molecule has 5 heteroatoms. The van der Waals surface area contributed by atoms with Crippen molar-refractivity contribution in [1.29, 1.82) is 0 Å². The molecule has 0 aromatic heterocycles. The highest BCUT2D eigenvalue weighted by Gasteiger charge is 2.48. The maximum atomic E-state index is 14.5. The fourth-order valence-corrected chi connectivity index (χ4v) is 4.11. The van der Waals surface area contributed by atoms with E-state index in [4.69, 9.17) is 0 Å². The fraction of sp³-hybridized carbons (Fsp3) is 0.650. The predicted molar refractivity (Wildman–Crippen MR) is 95.5 cm³/mol. The van der Waals surface area contributed by atoms with Gasteiger partial charge in [-0.2, -0.15) is 0 Å². The van der Waals surface area contributed by atoms with Crippen molar-refractivity contribution in [3.8, 4) is 0 Å². The number of carbonyl (C=O) groups is 1. The fourth-order valence-electron chi connectivity index (χ4n) is 4.11. The first-order valence-corrected chi connectivity index (χ1v) is 9.49. The van der Waals surface area contributed by atoms with E-state index in [9.17, 15) is 14.3 Å². The highest BCUT2D eigenvalue weighted by molar-refractivity contribution is 5.80. The average molecular weight is 348 g/mol. The maximum Gasteiger partial charge on any atom is 0.225 e. The molecule has 2 aliphatic rings. The topological polar surface area (TPSA) is 43.8 Å². The zero-order chi connectivity index (χ0) is 18.0. The molecule has 1 heterocycles. The molecule has 1 aliphatic carbocycles. The summed E-state index contributed by atoms with van der Waals surface area (Å²) in [5, 5.41) is 10.8. The van der Waals surface area contributed by atoms with E-state index in [-0.39, 0.29) is 17.6 Å². The van der Waals surface area contributed by atoms with Crippen molar-refractivity contribution in [2.45, 2.75) is 51.7 Å². The molecule has 0 unspecified atom stereocenters.